The Morgan fingerprint density at radius 3 is 1.32 bits per heavy atom. The normalized spacial score (nSPS) is 24.0. The molecule has 230 valence electrons. The zero-order valence-corrected chi connectivity index (χ0v) is 29.5. The minimum Gasteiger partial charge on any atom is -0.358 e. The molecule has 6 rings (SSSR count). The summed E-state index contributed by atoms with van der Waals surface area (Å²) in [5.74, 6) is 0.937. The van der Waals surface area contributed by atoms with Gasteiger partial charge in [0.15, 0.2) is 0 Å². The van der Waals surface area contributed by atoms with Crippen molar-refractivity contribution in [3.05, 3.63) is 75.5 Å². The Morgan fingerprint density at radius 2 is 0.902 bits per heavy atom. The van der Waals surface area contributed by atoms with Crippen molar-refractivity contribution in [3.8, 4) is 0 Å². The molecule has 0 heterocycles. The Kier molecular flexibility index (Phi) is 18.0. The first-order valence-corrected chi connectivity index (χ1v) is 19.5. The monoisotopic (exact) mass is 634 g/mol. The van der Waals surface area contributed by atoms with Gasteiger partial charge >= 0.3 is 17.1 Å². The molecule has 0 amide bonds. The van der Waals surface area contributed by atoms with Crippen molar-refractivity contribution >= 4 is 26.5 Å². The molecule has 3 atom stereocenters. The summed E-state index contributed by atoms with van der Waals surface area (Å²) in [5.41, 5.74) is 3.98. The van der Waals surface area contributed by atoms with Gasteiger partial charge in [0, 0.05) is 0 Å². The van der Waals surface area contributed by atoms with Gasteiger partial charge in [-0.3, -0.25) is 0 Å². The van der Waals surface area contributed by atoms with Gasteiger partial charge in [-0.2, -0.15) is 0 Å². The molecule has 0 radical (unpaired) electrons. The third-order valence-corrected chi connectivity index (χ3v) is 17.3. The van der Waals surface area contributed by atoms with Gasteiger partial charge in [0.2, 0.25) is 0 Å². The van der Waals surface area contributed by atoms with E-state index in [-0.39, 0.29) is 47.8 Å². The Bertz CT molecular complexity index is 837. The molecule has 0 aromatic heterocycles. The van der Waals surface area contributed by atoms with Gasteiger partial charge in [-0.05, 0) is 85.6 Å². The minimum atomic E-state index is -0.273. The van der Waals surface area contributed by atoms with E-state index in [1.165, 1.54) is 89.9 Å². The SMILES string of the molecule is C1CCCC1.C[C@H](C1CCCC1P(c1ccccc1)c1ccccc1)P(C1CCCCC1)C1CCCCC1.[CH3-].[CH3-].[Fe+2]. The van der Waals surface area contributed by atoms with Gasteiger partial charge in [-0.15, -0.1) is 0 Å². The van der Waals surface area contributed by atoms with Crippen molar-refractivity contribution in [2.24, 2.45) is 5.92 Å². The number of hydrogen-bond donors (Lipinski definition) is 0. The molecule has 4 aliphatic carbocycles. The molecular formula is C38H60FeP2. The molecular weight excluding hydrogens is 574 g/mol. The first kappa shape index (κ1) is 37.0. The van der Waals surface area contributed by atoms with Crippen LogP contribution in [0.3, 0.4) is 0 Å². The predicted molar refractivity (Wildman–Crippen MR) is 186 cm³/mol. The molecule has 2 aromatic carbocycles. The molecule has 4 aliphatic rings. The summed E-state index contributed by atoms with van der Waals surface area (Å²) in [6, 6.07) is 23.2. The van der Waals surface area contributed by atoms with Crippen molar-refractivity contribution < 1.29 is 17.1 Å². The maximum Gasteiger partial charge on any atom is 2.00 e. The first-order chi connectivity index (χ1) is 18.8. The van der Waals surface area contributed by atoms with E-state index in [0.29, 0.717) is 0 Å². The fraction of sp³-hybridized carbons (Fsp3) is 0.632. The average Bonchev–Trinajstić information content (AvgIpc) is 3.72. The van der Waals surface area contributed by atoms with Crippen LogP contribution in [0.15, 0.2) is 60.7 Å². The van der Waals surface area contributed by atoms with Crippen molar-refractivity contribution in [2.45, 2.75) is 145 Å². The Labute approximate surface area is 269 Å². The van der Waals surface area contributed by atoms with Gasteiger partial charge < -0.3 is 14.9 Å². The number of benzene rings is 2. The smallest absolute Gasteiger partial charge is 0.358 e. The Morgan fingerprint density at radius 1 is 0.512 bits per heavy atom. The topological polar surface area (TPSA) is 0 Å². The average molecular weight is 635 g/mol. The van der Waals surface area contributed by atoms with Crippen LogP contribution in [0.5, 0.6) is 0 Å². The third kappa shape index (κ3) is 10.2. The van der Waals surface area contributed by atoms with Crippen LogP contribution in [0.2, 0.25) is 0 Å². The predicted octanol–water partition coefficient (Wildman–Crippen LogP) is 11.7. The van der Waals surface area contributed by atoms with E-state index in [4.69, 9.17) is 0 Å². The van der Waals surface area contributed by atoms with E-state index in [1.807, 2.05) is 0 Å². The summed E-state index contributed by atoms with van der Waals surface area (Å²) >= 11 is 0. The van der Waals surface area contributed by atoms with Crippen LogP contribution in [0.1, 0.15) is 122 Å². The van der Waals surface area contributed by atoms with E-state index in [9.17, 15) is 0 Å². The summed E-state index contributed by atoms with van der Waals surface area (Å²) in [5, 5.41) is 3.23. The van der Waals surface area contributed by atoms with Gasteiger partial charge in [0.05, 0.1) is 0 Å². The maximum atomic E-state index is 2.75. The second-order valence-corrected chi connectivity index (χ2v) is 18.3. The second-order valence-electron chi connectivity index (χ2n) is 12.7. The maximum absolute atomic E-state index is 2.75. The molecule has 4 fully saturated rings. The molecule has 41 heavy (non-hydrogen) atoms. The summed E-state index contributed by atoms with van der Waals surface area (Å²) in [4.78, 5) is 0. The van der Waals surface area contributed by atoms with Gasteiger partial charge in [-0.25, -0.2) is 0 Å². The minimum absolute atomic E-state index is 0. The van der Waals surface area contributed by atoms with Gasteiger partial charge in [-0.1, -0.05) is 153 Å². The summed E-state index contributed by atoms with van der Waals surface area (Å²) in [7, 11) is -0.121. The van der Waals surface area contributed by atoms with E-state index in [0.717, 1.165) is 28.6 Å². The Hall–Kier alpha value is -0.181. The van der Waals surface area contributed by atoms with Gasteiger partial charge in [0.1, 0.15) is 0 Å². The van der Waals surface area contributed by atoms with Crippen LogP contribution >= 0.6 is 15.8 Å². The van der Waals surface area contributed by atoms with E-state index in [1.54, 1.807) is 36.3 Å². The van der Waals surface area contributed by atoms with Crippen LogP contribution in [0, 0.1) is 20.8 Å². The summed E-state index contributed by atoms with van der Waals surface area (Å²) < 4.78 is 0. The molecule has 0 nitrogen and oxygen atoms in total. The summed E-state index contributed by atoms with van der Waals surface area (Å²) in [6.07, 6.45) is 27.1. The number of rotatable bonds is 7. The van der Waals surface area contributed by atoms with E-state index >= 15 is 0 Å². The zero-order chi connectivity index (χ0) is 26.0. The first-order valence-electron chi connectivity index (χ1n) is 16.5. The second kappa shape index (κ2) is 20.0. The zero-order valence-electron chi connectivity index (χ0n) is 26.6. The van der Waals surface area contributed by atoms with Crippen molar-refractivity contribution in [1.29, 1.82) is 0 Å². The molecule has 0 aliphatic heterocycles. The molecule has 0 bridgehead atoms. The molecule has 0 N–H and O–H groups in total. The number of hydrogen-bond acceptors (Lipinski definition) is 0. The van der Waals surface area contributed by atoms with Crippen molar-refractivity contribution in [1.82, 2.24) is 0 Å². The van der Waals surface area contributed by atoms with Crippen molar-refractivity contribution in [2.75, 3.05) is 0 Å². The van der Waals surface area contributed by atoms with E-state index in [2.05, 4.69) is 67.6 Å². The molecule has 2 aromatic rings. The largest absolute Gasteiger partial charge is 2.00 e. The van der Waals surface area contributed by atoms with Crippen LogP contribution in [-0.4, -0.2) is 22.6 Å². The molecule has 0 saturated heterocycles. The quantitative estimate of drug-likeness (QED) is 0.162. The standard InChI is InChI=1S/C31H44P2.C5H10.2CH3.Fe/c1-25(32(26-15-6-2-7-16-26)27-17-8-3-9-18-27)30-23-14-24-31(30)33(28-19-10-4-11-20-28)29-21-12-5-13-22-29;1-2-4-5-3-1;;;/h4-5,10-13,19-22,25-27,30-31H,2-3,6-9,14-18,23-24H2,1H3;1-5H2;2*1H3;/q;;2*-1;+2/t25-,30?,31?;;;;/m1..../s1. The Balaban J connectivity index is 0.000000667. The molecule has 2 unspecified atom stereocenters. The fourth-order valence-corrected chi connectivity index (χ4v) is 16.5. The van der Waals surface area contributed by atoms with E-state index < -0.39 is 0 Å². The third-order valence-electron chi connectivity index (χ3n) is 10.3. The van der Waals surface area contributed by atoms with Crippen molar-refractivity contribution in [3.63, 3.8) is 0 Å². The van der Waals surface area contributed by atoms with Crippen LogP contribution in [0.4, 0.5) is 0 Å². The van der Waals surface area contributed by atoms with Gasteiger partial charge in [0.25, 0.3) is 0 Å². The molecule has 3 heteroatoms. The van der Waals surface area contributed by atoms with Crippen LogP contribution in [0.25, 0.3) is 0 Å². The summed E-state index contributed by atoms with van der Waals surface area (Å²) in [6.45, 7) is 2.75. The fourth-order valence-electron chi connectivity index (χ4n) is 8.39. The van der Waals surface area contributed by atoms with Crippen LogP contribution in [-0.2, 0) is 17.1 Å². The molecule has 4 saturated carbocycles. The van der Waals surface area contributed by atoms with Crippen LogP contribution < -0.4 is 10.6 Å². The molecule has 0 spiro atoms.